The van der Waals surface area contributed by atoms with E-state index in [1.54, 1.807) is 0 Å². The van der Waals surface area contributed by atoms with Crippen molar-refractivity contribution in [2.24, 2.45) is 0 Å². The van der Waals surface area contributed by atoms with Crippen LogP contribution in [0.5, 0.6) is 0 Å². The van der Waals surface area contributed by atoms with Crippen molar-refractivity contribution in [1.29, 1.82) is 0 Å². The Balaban J connectivity index is 3.26. The summed E-state index contributed by atoms with van der Waals surface area (Å²) < 4.78 is 35.6. The Morgan fingerprint density at radius 3 is 2.50 bits per heavy atom. The lowest BCUT2D eigenvalue weighted by Gasteiger charge is -2.03. The number of hydrogen-bond acceptors (Lipinski definition) is 2. The van der Waals surface area contributed by atoms with E-state index in [4.69, 9.17) is 0 Å². The van der Waals surface area contributed by atoms with Crippen LogP contribution in [0.4, 0.5) is 4.39 Å². The minimum absolute atomic E-state index is 0.00671. The van der Waals surface area contributed by atoms with Gasteiger partial charge in [0.05, 0.1) is 10.6 Å². The van der Waals surface area contributed by atoms with Gasteiger partial charge in [0.15, 0.2) is 9.84 Å². The van der Waals surface area contributed by atoms with E-state index in [0.29, 0.717) is 0 Å². The molecule has 0 aliphatic heterocycles. The molecule has 0 amide bonds. The molecule has 3 nitrogen and oxygen atoms in total. The van der Waals surface area contributed by atoms with Gasteiger partial charge in [-0.15, -0.1) is 0 Å². The number of rotatable bonds is 3. The first-order valence-electron chi connectivity index (χ1n) is 4.10. The van der Waals surface area contributed by atoms with Crippen LogP contribution in [-0.4, -0.2) is 14.2 Å². The molecule has 0 spiro atoms. The Morgan fingerprint density at radius 2 is 2.00 bits per heavy atom. The molecule has 1 aromatic carbocycles. The Kier molecular flexibility index (Phi) is 3.23. The SMILES string of the molecule is CCS(=O)(=O)c1ccc(F)c(C[O])c1. The first-order chi connectivity index (χ1) is 6.51. The molecule has 0 bridgehead atoms. The monoisotopic (exact) mass is 217 g/mol. The van der Waals surface area contributed by atoms with Gasteiger partial charge in [0, 0.05) is 5.56 Å². The lowest BCUT2D eigenvalue weighted by molar-refractivity contribution is 0.173. The topological polar surface area (TPSA) is 54.0 Å². The van der Waals surface area contributed by atoms with Gasteiger partial charge in [-0.1, -0.05) is 6.92 Å². The van der Waals surface area contributed by atoms with Crippen molar-refractivity contribution in [3.63, 3.8) is 0 Å². The quantitative estimate of drug-likeness (QED) is 0.721. The summed E-state index contributed by atoms with van der Waals surface area (Å²) in [5, 5.41) is 10.5. The largest absolute Gasteiger partial charge is 0.231 e. The van der Waals surface area contributed by atoms with E-state index in [2.05, 4.69) is 0 Å². The summed E-state index contributed by atoms with van der Waals surface area (Å²) >= 11 is 0. The fourth-order valence-corrected chi connectivity index (χ4v) is 1.95. The number of hydrogen-bond donors (Lipinski definition) is 0. The van der Waals surface area contributed by atoms with Crippen LogP contribution in [0.1, 0.15) is 12.5 Å². The van der Waals surface area contributed by atoms with E-state index in [1.165, 1.54) is 13.0 Å². The fourth-order valence-electron chi connectivity index (χ4n) is 1.02. The van der Waals surface area contributed by atoms with Gasteiger partial charge in [0.25, 0.3) is 0 Å². The standard InChI is InChI=1S/C9H10FO3S/c1-2-14(12,13)8-3-4-9(10)7(5-8)6-11/h3-5H,2,6H2,1H3. The number of halogens is 1. The Hall–Kier alpha value is -0.940. The van der Waals surface area contributed by atoms with Gasteiger partial charge < -0.3 is 0 Å². The zero-order valence-electron chi connectivity index (χ0n) is 7.66. The molecule has 0 heterocycles. The van der Waals surface area contributed by atoms with Crippen molar-refractivity contribution in [3.8, 4) is 0 Å². The van der Waals surface area contributed by atoms with Gasteiger partial charge in [0.2, 0.25) is 0 Å². The molecular formula is C9H10FO3S. The van der Waals surface area contributed by atoms with E-state index < -0.39 is 22.3 Å². The average molecular weight is 217 g/mol. The number of benzene rings is 1. The van der Waals surface area contributed by atoms with E-state index in [-0.39, 0.29) is 16.2 Å². The molecule has 0 saturated carbocycles. The maximum Gasteiger partial charge on any atom is 0.178 e. The van der Waals surface area contributed by atoms with Crippen LogP contribution < -0.4 is 0 Å². The van der Waals surface area contributed by atoms with Crippen molar-refractivity contribution < 1.29 is 17.9 Å². The third-order valence-electron chi connectivity index (χ3n) is 1.91. The second kappa shape index (κ2) is 4.06. The predicted octanol–water partition coefficient (Wildman–Crippen LogP) is 1.55. The summed E-state index contributed by atoms with van der Waals surface area (Å²) in [5.74, 6) is -0.716. The second-order valence-electron chi connectivity index (χ2n) is 2.80. The van der Waals surface area contributed by atoms with Crippen molar-refractivity contribution in [1.82, 2.24) is 0 Å². The molecule has 0 unspecified atom stereocenters. The summed E-state index contributed by atoms with van der Waals surface area (Å²) in [4.78, 5) is 0.00671. The van der Waals surface area contributed by atoms with E-state index in [1.807, 2.05) is 0 Å². The van der Waals surface area contributed by atoms with Gasteiger partial charge in [-0.05, 0) is 18.2 Å². The van der Waals surface area contributed by atoms with Crippen LogP contribution in [0, 0.1) is 5.82 Å². The Bertz CT molecular complexity index is 426. The second-order valence-corrected chi connectivity index (χ2v) is 5.08. The van der Waals surface area contributed by atoms with Crippen LogP contribution in [-0.2, 0) is 21.6 Å². The maximum absolute atomic E-state index is 12.9. The molecule has 14 heavy (non-hydrogen) atoms. The average Bonchev–Trinajstić information content (AvgIpc) is 2.18. The van der Waals surface area contributed by atoms with Crippen molar-refractivity contribution >= 4 is 9.84 Å². The van der Waals surface area contributed by atoms with Gasteiger partial charge in [-0.25, -0.2) is 17.9 Å². The molecule has 0 atom stereocenters. The highest BCUT2D eigenvalue weighted by atomic mass is 32.2. The molecule has 77 valence electrons. The van der Waals surface area contributed by atoms with E-state index in [9.17, 15) is 17.9 Å². The molecule has 0 aromatic heterocycles. The Labute approximate surface area is 82.1 Å². The molecular weight excluding hydrogens is 207 g/mol. The van der Waals surface area contributed by atoms with Crippen LogP contribution >= 0.6 is 0 Å². The molecule has 1 aromatic rings. The van der Waals surface area contributed by atoms with Crippen molar-refractivity contribution in [2.45, 2.75) is 18.4 Å². The lowest BCUT2D eigenvalue weighted by Crippen LogP contribution is -2.04. The summed E-state index contributed by atoms with van der Waals surface area (Å²) in [6, 6.07) is 3.28. The van der Waals surface area contributed by atoms with E-state index >= 15 is 0 Å². The van der Waals surface area contributed by atoms with Crippen molar-refractivity contribution in [2.75, 3.05) is 5.75 Å². The predicted molar refractivity (Wildman–Crippen MR) is 48.5 cm³/mol. The molecule has 5 heteroatoms. The minimum atomic E-state index is -3.35. The van der Waals surface area contributed by atoms with Crippen LogP contribution in [0.2, 0.25) is 0 Å². The molecule has 1 rings (SSSR count). The highest BCUT2D eigenvalue weighted by molar-refractivity contribution is 7.91. The molecule has 0 fully saturated rings. The highest BCUT2D eigenvalue weighted by Crippen LogP contribution is 2.16. The molecule has 0 saturated heterocycles. The molecule has 0 N–H and O–H groups in total. The van der Waals surface area contributed by atoms with Gasteiger partial charge >= 0.3 is 0 Å². The molecule has 0 aliphatic rings. The summed E-state index contributed by atoms with van der Waals surface area (Å²) in [6.45, 7) is 0.745. The van der Waals surface area contributed by atoms with E-state index in [0.717, 1.165) is 12.1 Å². The number of sulfone groups is 1. The van der Waals surface area contributed by atoms with Gasteiger partial charge in [-0.3, -0.25) is 0 Å². The maximum atomic E-state index is 12.9. The first kappa shape index (κ1) is 11.1. The summed E-state index contributed by atoms with van der Waals surface area (Å²) in [6.07, 6.45) is 0. The Morgan fingerprint density at radius 1 is 1.36 bits per heavy atom. The summed E-state index contributed by atoms with van der Waals surface area (Å²) in [5.41, 5.74) is -0.112. The highest BCUT2D eigenvalue weighted by Gasteiger charge is 2.13. The normalized spacial score (nSPS) is 11.6. The molecule has 0 aliphatic carbocycles. The van der Waals surface area contributed by atoms with Gasteiger partial charge in [0.1, 0.15) is 12.4 Å². The third-order valence-corrected chi connectivity index (χ3v) is 3.64. The van der Waals surface area contributed by atoms with Crippen molar-refractivity contribution in [3.05, 3.63) is 29.6 Å². The minimum Gasteiger partial charge on any atom is -0.231 e. The smallest absolute Gasteiger partial charge is 0.178 e. The van der Waals surface area contributed by atoms with Crippen LogP contribution in [0.25, 0.3) is 0 Å². The first-order valence-corrected chi connectivity index (χ1v) is 5.75. The molecule has 1 radical (unpaired) electrons. The van der Waals surface area contributed by atoms with Crippen LogP contribution in [0.15, 0.2) is 23.1 Å². The zero-order valence-corrected chi connectivity index (χ0v) is 8.47. The van der Waals surface area contributed by atoms with Gasteiger partial charge in [-0.2, -0.15) is 0 Å². The van der Waals surface area contributed by atoms with Crippen LogP contribution in [0.3, 0.4) is 0 Å². The fraction of sp³-hybridized carbons (Fsp3) is 0.333. The third kappa shape index (κ3) is 2.10. The summed E-state index contributed by atoms with van der Waals surface area (Å²) in [7, 11) is -3.35. The zero-order chi connectivity index (χ0) is 10.8. The lowest BCUT2D eigenvalue weighted by atomic mass is 10.2.